The van der Waals surface area contributed by atoms with E-state index in [0.29, 0.717) is 0 Å². The first-order valence-electron chi connectivity index (χ1n) is 8.14. The molecule has 132 valence electrons. The Morgan fingerprint density at radius 3 is 2.48 bits per heavy atom. The van der Waals surface area contributed by atoms with Crippen molar-refractivity contribution < 1.29 is 13.2 Å². The number of nitrogens with one attached hydrogen (secondary N) is 1. The highest BCUT2D eigenvalue weighted by molar-refractivity contribution is 5.85. The molecule has 1 aliphatic rings. The topological polar surface area (TPSA) is 15.3 Å². The van der Waals surface area contributed by atoms with E-state index in [0.717, 1.165) is 63.5 Å². The maximum absolute atomic E-state index is 13.0. The summed E-state index contributed by atoms with van der Waals surface area (Å²) < 4.78 is 38.9. The smallest absolute Gasteiger partial charge is 0.314 e. The molecule has 1 aromatic carbocycles. The molecule has 2 rings (SSSR count). The summed E-state index contributed by atoms with van der Waals surface area (Å²) in [6.07, 6.45) is -0.0393. The van der Waals surface area contributed by atoms with Gasteiger partial charge in [0.15, 0.2) is 0 Å². The molecule has 1 atom stereocenters. The highest BCUT2D eigenvalue weighted by atomic mass is 35.5. The van der Waals surface area contributed by atoms with Gasteiger partial charge in [0.05, 0.1) is 5.56 Å². The van der Waals surface area contributed by atoms with Gasteiger partial charge in [0.1, 0.15) is 0 Å². The van der Waals surface area contributed by atoms with Crippen LogP contribution in [-0.4, -0.2) is 31.1 Å². The van der Waals surface area contributed by atoms with Crippen LogP contribution in [0.4, 0.5) is 13.2 Å². The Hall–Kier alpha value is -0.780. The largest absolute Gasteiger partial charge is 0.416 e. The molecule has 0 aromatic heterocycles. The summed E-state index contributed by atoms with van der Waals surface area (Å²) in [5.74, 6) is 0. The molecule has 1 aliphatic heterocycles. The SMILES string of the molecule is CCCCC[C@@H](c1cccc(C(F)(F)F)c1)N1CCNCC1.Cl. The van der Waals surface area contributed by atoms with E-state index in [1.165, 1.54) is 12.1 Å². The summed E-state index contributed by atoms with van der Waals surface area (Å²) in [4.78, 5) is 2.32. The fourth-order valence-corrected chi connectivity index (χ4v) is 3.06. The summed E-state index contributed by atoms with van der Waals surface area (Å²) >= 11 is 0. The van der Waals surface area contributed by atoms with Crippen molar-refractivity contribution in [3.05, 3.63) is 35.4 Å². The van der Waals surface area contributed by atoms with Gasteiger partial charge in [-0.05, 0) is 24.1 Å². The number of alkyl halides is 3. The Bertz CT molecular complexity index is 459. The van der Waals surface area contributed by atoms with Gasteiger partial charge in [-0.1, -0.05) is 38.3 Å². The minimum Gasteiger partial charge on any atom is -0.314 e. The van der Waals surface area contributed by atoms with E-state index in [4.69, 9.17) is 0 Å². The second-order valence-electron chi connectivity index (χ2n) is 5.92. The molecule has 1 heterocycles. The van der Waals surface area contributed by atoms with Crippen molar-refractivity contribution in [2.45, 2.75) is 44.8 Å². The van der Waals surface area contributed by atoms with Crippen LogP contribution in [0.1, 0.15) is 49.8 Å². The van der Waals surface area contributed by atoms with Crippen LogP contribution < -0.4 is 5.32 Å². The lowest BCUT2D eigenvalue weighted by Crippen LogP contribution is -2.45. The van der Waals surface area contributed by atoms with Gasteiger partial charge in [-0.25, -0.2) is 0 Å². The number of unbranched alkanes of at least 4 members (excludes halogenated alkanes) is 2. The fraction of sp³-hybridized carbons (Fsp3) is 0.647. The fourth-order valence-electron chi connectivity index (χ4n) is 3.06. The normalized spacial score (nSPS) is 17.6. The second kappa shape index (κ2) is 9.50. The molecule has 0 spiro atoms. The molecule has 1 aromatic rings. The van der Waals surface area contributed by atoms with Crippen LogP contribution in [0.2, 0.25) is 0 Å². The van der Waals surface area contributed by atoms with Crippen molar-refractivity contribution in [1.29, 1.82) is 0 Å². The van der Waals surface area contributed by atoms with Crippen LogP contribution in [0.15, 0.2) is 24.3 Å². The van der Waals surface area contributed by atoms with Gasteiger partial charge in [0, 0.05) is 32.2 Å². The molecule has 0 aliphatic carbocycles. The Morgan fingerprint density at radius 1 is 1.17 bits per heavy atom. The predicted octanol–water partition coefficient (Wildman–Crippen LogP) is 4.65. The molecular formula is C17H26ClF3N2. The average molecular weight is 351 g/mol. The van der Waals surface area contributed by atoms with Crippen LogP contribution in [0.3, 0.4) is 0 Å². The van der Waals surface area contributed by atoms with Crippen molar-refractivity contribution in [2.24, 2.45) is 0 Å². The zero-order valence-corrected chi connectivity index (χ0v) is 14.3. The van der Waals surface area contributed by atoms with Crippen LogP contribution in [-0.2, 0) is 6.18 Å². The summed E-state index contributed by atoms with van der Waals surface area (Å²) in [7, 11) is 0. The first-order valence-corrected chi connectivity index (χ1v) is 8.14. The molecule has 1 fully saturated rings. The molecule has 0 saturated carbocycles. The first kappa shape index (κ1) is 20.3. The zero-order valence-electron chi connectivity index (χ0n) is 13.5. The summed E-state index contributed by atoms with van der Waals surface area (Å²) in [6, 6.07) is 5.96. The van der Waals surface area contributed by atoms with Gasteiger partial charge in [0.25, 0.3) is 0 Å². The molecule has 0 amide bonds. The molecular weight excluding hydrogens is 325 g/mol. The van der Waals surface area contributed by atoms with E-state index in [1.807, 2.05) is 6.07 Å². The van der Waals surface area contributed by atoms with E-state index < -0.39 is 11.7 Å². The van der Waals surface area contributed by atoms with E-state index >= 15 is 0 Å². The summed E-state index contributed by atoms with van der Waals surface area (Å²) in [5, 5.41) is 3.30. The van der Waals surface area contributed by atoms with E-state index in [2.05, 4.69) is 17.1 Å². The summed E-state index contributed by atoms with van der Waals surface area (Å²) in [6.45, 7) is 5.75. The van der Waals surface area contributed by atoms with Crippen LogP contribution >= 0.6 is 12.4 Å². The third-order valence-electron chi connectivity index (χ3n) is 4.27. The van der Waals surface area contributed by atoms with E-state index in [1.54, 1.807) is 0 Å². The maximum Gasteiger partial charge on any atom is 0.416 e. The van der Waals surface area contributed by atoms with Crippen molar-refractivity contribution >= 4 is 12.4 Å². The van der Waals surface area contributed by atoms with Gasteiger partial charge >= 0.3 is 6.18 Å². The number of hydrogen-bond acceptors (Lipinski definition) is 2. The molecule has 0 bridgehead atoms. The van der Waals surface area contributed by atoms with Crippen molar-refractivity contribution in [3.63, 3.8) is 0 Å². The minimum atomic E-state index is -4.27. The number of piperazine rings is 1. The van der Waals surface area contributed by atoms with Crippen molar-refractivity contribution in [1.82, 2.24) is 10.2 Å². The quantitative estimate of drug-likeness (QED) is 0.751. The predicted molar refractivity (Wildman–Crippen MR) is 90.0 cm³/mol. The van der Waals surface area contributed by atoms with E-state index in [-0.39, 0.29) is 18.4 Å². The minimum absolute atomic E-state index is 0. The zero-order chi connectivity index (χ0) is 16.0. The second-order valence-corrected chi connectivity index (χ2v) is 5.92. The number of nitrogens with zero attached hydrogens (tertiary/aromatic N) is 1. The molecule has 6 heteroatoms. The van der Waals surface area contributed by atoms with Crippen LogP contribution in [0, 0.1) is 0 Å². The summed E-state index contributed by atoms with van der Waals surface area (Å²) in [5.41, 5.74) is 0.258. The Balaban J connectivity index is 0.00000264. The van der Waals surface area contributed by atoms with Gasteiger partial charge in [0.2, 0.25) is 0 Å². The lowest BCUT2D eigenvalue weighted by atomic mass is 9.96. The van der Waals surface area contributed by atoms with Crippen LogP contribution in [0.25, 0.3) is 0 Å². The maximum atomic E-state index is 13.0. The van der Waals surface area contributed by atoms with Gasteiger partial charge in [-0.15, -0.1) is 12.4 Å². The Morgan fingerprint density at radius 2 is 1.87 bits per heavy atom. The Kier molecular flexibility index (Phi) is 8.37. The highest BCUT2D eigenvalue weighted by Crippen LogP contribution is 2.33. The van der Waals surface area contributed by atoms with Gasteiger partial charge < -0.3 is 5.32 Å². The van der Waals surface area contributed by atoms with Crippen molar-refractivity contribution in [2.75, 3.05) is 26.2 Å². The Labute approximate surface area is 142 Å². The van der Waals surface area contributed by atoms with Gasteiger partial charge in [-0.2, -0.15) is 13.2 Å². The average Bonchev–Trinajstić information content (AvgIpc) is 2.52. The molecule has 1 saturated heterocycles. The third kappa shape index (κ3) is 5.98. The molecule has 0 unspecified atom stereocenters. The number of halogens is 4. The highest BCUT2D eigenvalue weighted by Gasteiger charge is 2.31. The standard InChI is InChI=1S/C17H25F3N2.ClH/c1-2-3-4-8-16(22-11-9-21-10-12-22)14-6-5-7-15(13-14)17(18,19)20;/h5-7,13,16,21H,2-4,8-12H2,1H3;1H/t16-;/m0./s1. The first-order chi connectivity index (χ1) is 10.5. The van der Waals surface area contributed by atoms with Gasteiger partial charge in [-0.3, -0.25) is 4.90 Å². The monoisotopic (exact) mass is 350 g/mol. The number of benzene rings is 1. The van der Waals surface area contributed by atoms with Crippen LogP contribution in [0.5, 0.6) is 0 Å². The number of rotatable bonds is 6. The molecule has 0 radical (unpaired) electrons. The molecule has 1 N–H and O–H groups in total. The van der Waals surface area contributed by atoms with Crippen molar-refractivity contribution in [3.8, 4) is 0 Å². The van der Waals surface area contributed by atoms with E-state index in [9.17, 15) is 13.2 Å². The lowest BCUT2D eigenvalue weighted by molar-refractivity contribution is -0.137. The molecule has 2 nitrogen and oxygen atoms in total. The number of hydrogen-bond donors (Lipinski definition) is 1. The molecule has 23 heavy (non-hydrogen) atoms. The third-order valence-corrected chi connectivity index (χ3v) is 4.27. The lowest BCUT2D eigenvalue weighted by Gasteiger charge is -2.35.